The van der Waals surface area contributed by atoms with Crippen LogP contribution < -0.4 is 25.5 Å². The summed E-state index contributed by atoms with van der Waals surface area (Å²) in [6.07, 6.45) is 11.9. The Labute approximate surface area is 405 Å². The van der Waals surface area contributed by atoms with Gasteiger partial charge < -0.3 is 9.80 Å². The van der Waals surface area contributed by atoms with Gasteiger partial charge in [-0.2, -0.15) is 11.3 Å². The minimum atomic E-state index is 0.0431. The molecule has 0 saturated heterocycles. The lowest BCUT2D eigenvalue weighted by atomic mass is 9.35. The molecule has 0 spiro atoms. The average molecular weight is 897 g/mol. The fraction of sp³-hybridized carbons (Fsp3) is 0.548. The molecule has 0 radical (unpaired) electrons. The number of fused-ring (bicyclic) bond motifs is 8. The molecule has 5 aromatic rings. The maximum atomic E-state index is 2.81. The van der Waals surface area contributed by atoms with Crippen LogP contribution >= 0.6 is 11.3 Å². The first-order chi connectivity index (χ1) is 30.7. The van der Waals surface area contributed by atoms with Gasteiger partial charge in [0.1, 0.15) is 0 Å². The predicted octanol–water partition coefficient (Wildman–Crippen LogP) is 16.2. The predicted molar refractivity (Wildman–Crippen MR) is 291 cm³/mol. The van der Waals surface area contributed by atoms with Crippen LogP contribution in [0.1, 0.15) is 218 Å². The Hall–Kier alpha value is -3.76. The summed E-state index contributed by atoms with van der Waals surface area (Å²) in [6, 6.07) is 25.8. The van der Waals surface area contributed by atoms with Crippen molar-refractivity contribution in [3.8, 4) is 0 Å². The van der Waals surface area contributed by atoms with Crippen molar-refractivity contribution in [2.24, 2.45) is 0 Å². The van der Waals surface area contributed by atoms with Gasteiger partial charge in [-0.25, -0.2) is 0 Å². The first-order valence-electron chi connectivity index (χ1n) is 26.1. The Morgan fingerprint density at radius 2 is 1.11 bits per heavy atom. The molecule has 10 rings (SSSR count). The summed E-state index contributed by atoms with van der Waals surface area (Å²) >= 11 is 2.17. The van der Waals surface area contributed by atoms with Gasteiger partial charge in [0.15, 0.2) is 0 Å². The highest BCUT2D eigenvalue weighted by molar-refractivity contribution is 7.29. The van der Waals surface area contributed by atoms with E-state index in [0.717, 1.165) is 6.42 Å². The van der Waals surface area contributed by atoms with Gasteiger partial charge >= 0.3 is 0 Å². The topological polar surface area (TPSA) is 6.48 Å². The normalized spacial score (nSPS) is 21.0. The molecule has 66 heavy (non-hydrogen) atoms. The van der Waals surface area contributed by atoms with Crippen LogP contribution in [0.25, 0.3) is 0 Å². The third kappa shape index (κ3) is 6.81. The van der Waals surface area contributed by atoms with Crippen LogP contribution in [-0.2, 0) is 44.3 Å². The zero-order valence-corrected chi connectivity index (χ0v) is 45.0. The lowest BCUT2D eigenvalue weighted by Gasteiger charge is -2.48. The van der Waals surface area contributed by atoms with E-state index in [9.17, 15) is 0 Å². The van der Waals surface area contributed by atoms with Crippen LogP contribution in [0.4, 0.5) is 34.1 Å². The van der Waals surface area contributed by atoms with Crippen molar-refractivity contribution in [2.75, 3.05) is 9.80 Å². The number of anilines is 6. The minimum Gasteiger partial charge on any atom is -0.311 e. The van der Waals surface area contributed by atoms with Gasteiger partial charge in [-0.3, -0.25) is 0 Å². The molecule has 5 aliphatic rings. The molecule has 0 bridgehead atoms. The van der Waals surface area contributed by atoms with E-state index in [1.165, 1.54) is 136 Å². The molecule has 2 nitrogen and oxygen atoms in total. The highest BCUT2D eigenvalue weighted by Gasteiger charge is 2.52. The molecular weight excluding hydrogens is 816 g/mol. The monoisotopic (exact) mass is 897 g/mol. The summed E-state index contributed by atoms with van der Waals surface area (Å²) in [5.74, 6) is 0. The van der Waals surface area contributed by atoms with Gasteiger partial charge in [0.25, 0.3) is 6.71 Å². The molecule has 3 heterocycles. The summed E-state index contributed by atoms with van der Waals surface area (Å²) in [4.78, 5) is 7.15. The number of hydrogen-bond donors (Lipinski definition) is 0. The van der Waals surface area contributed by atoms with Crippen molar-refractivity contribution in [3.63, 3.8) is 0 Å². The number of aryl methyl sites for hydroxylation is 2. The zero-order chi connectivity index (χ0) is 47.5. The molecule has 4 aromatic carbocycles. The molecule has 0 saturated carbocycles. The van der Waals surface area contributed by atoms with Gasteiger partial charge in [0, 0.05) is 38.1 Å². The largest absolute Gasteiger partial charge is 0.311 e. The SMILES string of the molecule is CCCCC(C)(C)c1ccc(N2c3cc4c(cc3B3c5sc6c(c5N(c5ccc7c(c5)C(C)(C)CCC7(C)C)c5cc(C)cc2c53)C(C)(C)CCC6(C)C)C(C)(C)CCC4(C)C)cc1CC. The molecule has 0 N–H and O–H groups in total. The molecule has 2 aliphatic heterocycles. The van der Waals surface area contributed by atoms with Gasteiger partial charge in [-0.15, -0.1) is 0 Å². The fourth-order valence-corrected chi connectivity index (χ4v) is 15.4. The number of hydrogen-bond acceptors (Lipinski definition) is 3. The summed E-state index contributed by atoms with van der Waals surface area (Å²) in [5, 5.41) is 0. The highest BCUT2D eigenvalue weighted by atomic mass is 32.1. The van der Waals surface area contributed by atoms with E-state index in [-0.39, 0.29) is 44.6 Å². The minimum absolute atomic E-state index is 0.0431. The molecule has 3 aliphatic carbocycles. The summed E-state index contributed by atoms with van der Waals surface area (Å²) < 4.78 is 1.55. The van der Waals surface area contributed by atoms with E-state index in [2.05, 4.69) is 200 Å². The van der Waals surface area contributed by atoms with Crippen molar-refractivity contribution >= 4 is 67.9 Å². The maximum absolute atomic E-state index is 2.81. The highest BCUT2D eigenvalue weighted by Crippen LogP contribution is 2.58. The second kappa shape index (κ2) is 14.9. The smallest absolute Gasteiger partial charge is 0.264 e. The second-order valence-corrected chi connectivity index (χ2v) is 27.6. The van der Waals surface area contributed by atoms with E-state index in [1.54, 1.807) is 20.8 Å². The summed E-state index contributed by atoms with van der Waals surface area (Å²) in [5.41, 5.74) is 24.0. The van der Waals surface area contributed by atoms with Crippen LogP contribution in [0.2, 0.25) is 0 Å². The zero-order valence-electron chi connectivity index (χ0n) is 44.2. The van der Waals surface area contributed by atoms with Crippen LogP contribution in [0, 0.1) is 6.92 Å². The fourth-order valence-electron chi connectivity index (χ4n) is 13.7. The van der Waals surface area contributed by atoms with Crippen molar-refractivity contribution < 1.29 is 0 Å². The van der Waals surface area contributed by atoms with Gasteiger partial charge in [-0.05, 0) is 194 Å². The number of rotatable bonds is 7. The lowest BCUT2D eigenvalue weighted by Crippen LogP contribution is -2.61. The van der Waals surface area contributed by atoms with E-state index in [0.29, 0.717) is 0 Å². The first kappa shape index (κ1) is 46.0. The first-order valence-corrected chi connectivity index (χ1v) is 27.0. The summed E-state index contributed by atoms with van der Waals surface area (Å²) in [6.45, 7) is 42.3. The molecule has 0 unspecified atom stereocenters. The number of thiophene rings is 1. The molecule has 0 fully saturated rings. The van der Waals surface area contributed by atoms with Crippen LogP contribution in [0.3, 0.4) is 0 Å². The van der Waals surface area contributed by atoms with Crippen LogP contribution in [0.5, 0.6) is 0 Å². The molecule has 0 amide bonds. The Morgan fingerprint density at radius 3 is 1.73 bits per heavy atom. The Kier molecular flexibility index (Phi) is 10.4. The Morgan fingerprint density at radius 1 is 0.576 bits per heavy atom. The number of benzene rings is 4. The van der Waals surface area contributed by atoms with Crippen molar-refractivity contribution in [1.29, 1.82) is 0 Å². The molecule has 4 heteroatoms. The number of unbranched alkanes of at least 4 members (excludes halogenated alkanes) is 1. The lowest BCUT2D eigenvalue weighted by molar-refractivity contribution is 0.332. The van der Waals surface area contributed by atoms with Crippen LogP contribution in [-0.4, -0.2) is 6.71 Å². The van der Waals surface area contributed by atoms with Gasteiger partial charge in [0.05, 0.1) is 5.69 Å². The van der Waals surface area contributed by atoms with E-state index in [1.807, 2.05) is 0 Å². The second-order valence-electron chi connectivity index (χ2n) is 26.5. The number of nitrogens with zero attached hydrogens (tertiary/aromatic N) is 2. The third-order valence-electron chi connectivity index (χ3n) is 18.4. The van der Waals surface area contributed by atoms with E-state index in [4.69, 9.17) is 0 Å². The van der Waals surface area contributed by atoms with Crippen LogP contribution in [0.15, 0.2) is 60.7 Å². The summed E-state index contributed by atoms with van der Waals surface area (Å²) in [7, 11) is 0. The molecule has 348 valence electrons. The van der Waals surface area contributed by atoms with Gasteiger partial charge in [0.2, 0.25) is 0 Å². The molecule has 0 atom stereocenters. The van der Waals surface area contributed by atoms with Crippen molar-refractivity contribution in [2.45, 2.75) is 220 Å². The molecule has 1 aromatic heterocycles. The maximum Gasteiger partial charge on any atom is 0.264 e. The van der Waals surface area contributed by atoms with Gasteiger partial charge in [-0.1, -0.05) is 142 Å². The van der Waals surface area contributed by atoms with E-state index < -0.39 is 0 Å². The third-order valence-corrected chi connectivity index (χ3v) is 20.0. The Bertz CT molecular complexity index is 2800. The quantitative estimate of drug-likeness (QED) is 0.147. The average Bonchev–Trinajstić information content (AvgIpc) is 3.67. The van der Waals surface area contributed by atoms with Crippen molar-refractivity contribution in [1.82, 2.24) is 0 Å². The molecular formula is C62H81BN2S. The standard InChI is InChI=1S/C62H81BN2S/c1-18-20-25-56(4,5)42-23-21-40(34-39(42)19-2)64-48-37-46-45(59(10,11)28-29-60(46,12)13)36-47(48)63-52-49(64)32-38(3)33-50(52)65(41-22-24-43-44(35-41)58(8,9)27-26-57(43,6)7)53-51-54(66-55(53)63)62(16,17)31-30-61(51,14)15/h21-24,32-37H,18-20,25-31H2,1-17H3. The Balaban J connectivity index is 1.32. The van der Waals surface area contributed by atoms with Crippen molar-refractivity contribution in [3.05, 3.63) is 110 Å². The van der Waals surface area contributed by atoms with E-state index >= 15 is 0 Å².